The molecule has 3 aliphatic rings. The number of hydrogen-bond acceptors (Lipinski definition) is 16. The Bertz CT molecular complexity index is 3070. The van der Waals surface area contributed by atoms with Crippen LogP contribution in [0.5, 0.6) is 0 Å². The zero-order valence-electron chi connectivity index (χ0n) is 40.6. The second-order valence-electron chi connectivity index (χ2n) is 18.0. The van der Waals surface area contributed by atoms with Crippen LogP contribution in [-0.4, -0.2) is 162 Å². The molecule has 5 rings (SSSR count). The lowest BCUT2D eigenvalue weighted by Gasteiger charge is -2.26. The highest BCUT2D eigenvalue weighted by molar-refractivity contribution is 7.86. The topological polar surface area (TPSA) is 321 Å². The van der Waals surface area contributed by atoms with Gasteiger partial charge in [-0.3, -0.25) is 32.9 Å². The Morgan fingerprint density at radius 1 is 0.726 bits per heavy atom. The number of benzene rings is 2. The molecule has 3 amide bonds. The van der Waals surface area contributed by atoms with E-state index in [2.05, 4.69) is 5.32 Å². The molecule has 26 heteroatoms. The van der Waals surface area contributed by atoms with E-state index in [1.807, 2.05) is 0 Å². The van der Waals surface area contributed by atoms with E-state index in [1.165, 1.54) is 42.5 Å². The third-order valence-corrected chi connectivity index (χ3v) is 15.2. The highest BCUT2D eigenvalue weighted by atomic mass is 32.2. The van der Waals surface area contributed by atoms with Crippen molar-refractivity contribution >= 4 is 75.3 Å². The molecule has 0 bridgehead atoms. The minimum Gasteiger partial charge on any atom is -0.744 e. The number of fused-ring (bicyclic) bond motifs is 2. The van der Waals surface area contributed by atoms with Gasteiger partial charge >= 0.3 is 0 Å². The fourth-order valence-corrected chi connectivity index (χ4v) is 10.2. The van der Waals surface area contributed by atoms with Crippen molar-refractivity contribution in [3.05, 3.63) is 107 Å². The van der Waals surface area contributed by atoms with Gasteiger partial charge in [-0.1, -0.05) is 38.2 Å². The summed E-state index contributed by atoms with van der Waals surface area (Å²) in [6, 6.07) is 7.63. The number of hydrogen-bond donors (Lipinski definition) is 4. The highest BCUT2D eigenvalue weighted by Crippen LogP contribution is 2.48. The summed E-state index contributed by atoms with van der Waals surface area (Å²) in [6.07, 6.45) is 13.1. The van der Waals surface area contributed by atoms with Crippen LogP contribution in [0.15, 0.2) is 106 Å². The number of carbonyl (C=O) groups is 3. The molecule has 22 nitrogen and oxygen atoms in total. The lowest BCUT2D eigenvalue weighted by atomic mass is 9.81. The number of amides is 3. The van der Waals surface area contributed by atoms with E-state index in [1.54, 1.807) is 73.6 Å². The van der Waals surface area contributed by atoms with Crippen molar-refractivity contribution in [3.8, 4) is 0 Å². The number of nitrogens with zero attached hydrogens (tertiary/aromatic N) is 3. The molecule has 2 aromatic rings. The monoisotopic (exact) mass is 1100 g/mol. The molecule has 2 aromatic carbocycles. The minimum absolute atomic E-state index is 0.00908. The van der Waals surface area contributed by atoms with E-state index in [4.69, 9.17) is 14.2 Å². The molecule has 0 aromatic heterocycles. The third-order valence-electron chi connectivity index (χ3n) is 12.1. The Hall–Kier alpha value is -5.26. The minimum atomic E-state index is -4.86. The number of nitrogens with one attached hydrogen (secondary N) is 1. The molecule has 0 atom stereocenters. The van der Waals surface area contributed by atoms with E-state index in [-0.39, 0.29) is 88.1 Å². The molecule has 0 saturated carbocycles. The van der Waals surface area contributed by atoms with Crippen LogP contribution in [0, 0.1) is 0 Å². The fourth-order valence-electron chi connectivity index (χ4n) is 8.37. The molecular formula is C47H60N4O18S4. The van der Waals surface area contributed by atoms with Gasteiger partial charge in [-0.2, -0.15) is 29.8 Å². The van der Waals surface area contributed by atoms with Crippen LogP contribution in [0.2, 0.25) is 0 Å². The summed E-state index contributed by atoms with van der Waals surface area (Å²) in [7, 11) is -18.4. The lowest BCUT2D eigenvalue weighted by molar-refractivity contribution is -0.432. The Morgan fingerprint density at radius 3 is 1.95 bits per heavy atom. The first kappa shape index (κ1) is 58.6. The highest BCUT2D eigenvalue weighted by Gasteiger charge is 2.45. The van der Waals surface area contributed by atoms with Crippen molar-refractivity contribution in [1.82, 2.24) is 10.2 Å². The number of ether oxygens (including phenoxy) is 3. The van der Waals surface area contributed by atoms with Gasteiger partial charge in [0.1, 0.15) is 15.9 Å². The van der Waals surface area contributed by atoms with Crippen LogP contribution < -0.4 is 10.2 Å². The first-order valence-corrected chi connectivity index (χ1v) is 28.9. The fraction of sp³-hybridized carbons (Fsp3) is 0.447. The number of anilines is 1. The van der Waals surface area contributed by atoms with Crippen molar-refractivity contribution in [2.45, 2.75) is 67.6 Å². The van der Waals surface area contributed by atoms with E-state index in [0.29, 0.717) is 59.1 Å². The molecule has 0 unspecified atom stereocenters. The Balaban J connectivity index is 1.30. The van der Waals surface area contributed by atoms with Gasteiger partial charge in [-0.15, -0.1) is 0 Å². The predicted octanol–water partition coefficient (Wildman–Crippen LogP) is 2.97. The van der Waals surface area contributed by atoms with Crippen LogP contribution in [0.4, 0.5) is 11.4 Å². The van der Waals surface area contributed by atoms with Crippen molar-refractivity contribution in [3.63, 3.8) is 0 Å². The Kier molecular flexibility index (Phi) is 19.6. The second kappa shape index (κ2) is 24.4. The molecule has 4 N–H and O–H groups in total. The second-order valence-corrected chi connectivity index (χ2v) is 24.0. The zero-order valence-corrected chi connectivity index (χ0v) is 43.9. The first-order valence-electron chi connectivity index (χ1n) is 22.9. The van der Waals surface area contributed by atoms with E-state index in [9.17, 15) is 66.3 Å². The summed E-state index contributed by atoms with van der Waals surface area (Å²) in [6.45, 7) is 8.64. The van der Waals surface area contributed by atoms with E-state index in [0.717, 1.165) is 11.0 Å². The van der Waals surface area contributed by atoms with Gasteiger partial charge in [0.05, 0.1) is 60.5 Å². The lowest BCUT2D eigenvalue weighted by Crippen LogP contribution is -2.33. The van der Waals surface area contributed by atoms with Gasteiger partial charge in [-0.05, 0) is 74.2 Å². The third kappa shape index (κ3) is 16.4. The van der Waals surface area contributed by atoms with E-state index >= 15 is 0 Å². The molecule has 0 saturated heterocycles. The zero-order chi connectivity index (χ0) is 54.0. The standard InChI is InChI=1S/C47H60N4O18S4/c1-46(2)37-32-35(72(61,62)63)13-15-39(37)49(22-30-70(55,56)57)41(46)10-5-8-34(12-17-43(52)48-20-7-24-67-26-28-69-29-27-68-25-21-51-44(53)18-19-45(51)54)9-6-11-42-47(3,4)38-33-36(73(64,65)66)14-16-40(38)50(42)23-31-71(58,59)60/h5-6,8-11,13-16,18-19,32-33H,7,12,17,20-31H2,1-4H3,(H4-,48,52,55,56,57,58,59,60,61,62,63,64,65,66). The quantitative estimate of drug-likeness (QED) is 0.0313. The van der Waals surface area contributed by atoms with Crippen LogP contribution in [0.25, 0.3) is 0 Å². The summed E-state index contributed by atoms with van der Waals surface area (Å²) >= 11 is 0. The largest absolute Gasteiger partial charge is 0.744 e. The van der Waals surface area contributed by atoms with Crippen LogP contribution in [0.3, 0.4) is 0 Å². The normalized spacial score (nSPS) is 17.5. The van der Waals surface area contributed by atoms with Gasteiger partial charge in [0.25, 0.3) is 42.2 Å². The van der Waals surface area contributed by atoms with Crippen LogP contribution in [0.1, 0.15) is 58.1 Å². The molecule has 0 aliphatic carbocycles. The summed E-state index contributed by atoms with van der Waals surface area (Å²) < 4.78 is 155. The van der Waals surface area contributed by atoms with Crippen LogP contribution >= 0.6 is 0 Å². The summed E-state index contributed by atoms with van der Waals surface area (Å²) in [4.78, 5) is 38.1. The summed E-state index contributed by atoms with van der Waals surface area (Å²) in [5.41, 5.74) is 1.33. The van der Waals surface area contributed by atoms with Gasteiger partial charge in [0.2, 0.25) is 11.6 Å². The first-order chi connectivity index (χ1) is 34.0. The van der Waals surface area contributed by atoms with Gasteiger partial charge in [0.15, 0.2) is 12.3 Å². The summed E-state index contributed by atoms with van der Waals surface area (Å²) in [5, 5.41) is 2.85. The smallest absolute Gasteiger partial charge is 0.294 e. The molecular weight excluding hydrogens is 1040 g/mol. The van der Waals surface area contributed by atoms with Crippen molar-refractivity contribution < 1.29 is 85.1 Å². The molecule has 73 heavy (non-hydrogen) atoms. The maximum Gasteiger partial charge on any atom is 0.294 e. The van der Waals surface area contributed by atoms with Crippen LogP contribution in [-0.2, 0) is 79.9 Å². The molecule has 0 spiro atoms. The number of imide groups is 1. The van der Waals surface area contributed by atoms with Gasteiger partial charge in [0, 0.05) is 72.8 Å². The number of allylic oxidation sites excluding steroid dienone is 8. The number of carbonyl (C=O) groups excluding carboxylic acids is 3. The summed E-state index contributed by atoms with van der Waals surface area (Å²) in [5.74, 6) is -2.40. The number of rotatable bonds is 28. The molecule has 3 heterocycles. The van der Waals surface area contributed by atoms with Crippen molar-refractivity contribution in [1.29, 1.82) is 0 Å². The Morgan fingerprint density at radius 2 is 1.33 bits per heavy atom. The van der Waals surface area contributed by atoms with Gasteiger partial charge in [-0.25, -0.2) is 8.42 Å². The van der Waals surface area contributed by atoms with Gasteiger partial charge < -0.3 is 29.0 Å². The molecule has 3 aliphatic heterocycles. The van der Waals surface area contributed by atoms with E-state index < -0.39 is 67.7 Å². The maximum absolute atomic E-state index is 13.1. The predicted molar refractivity (Wildman–Crippen MR) is 266 cm³/mol. The average molecular weight is 1100 g/mol. The Labute approximate surface area is 425 Å². The SMILES string of the molecule is CC1(C)C(/C=C/C=C(/C=C/C=C2/N(CCS(=O)(=O)O)c3ccc(S(=O)(=O)O)cc3C2(C)C)CCC(=O)NCCCOCCOCCOCCN2C(=O)C=CC2=O)=[N+](CCS(=O)(=O)O)c2ccc(S(=O)(=O)[O-])cc21. The maximum atomic E-state index is 13.1. The van der Waals surface area contributed by atoms with Crippen molar-refractivity contribution in [2.75, 3.05) is 82.2 Å². The molecule has 0 fully saturated rings. The average Bonchev–Trinajstić information content (AvgIpc) is 3.81. The molecule has 400 valence electrons. The molecule has 0 radical (unpaired) electrons. The van der Waals surface area contributed by atoms with Crippen molar-refractivity contribution in [2.24, 2.45) is 0 Å².